The quantitative estimate of drug-likeness (QED) is 0.649. The van der Waals surface area contributed by atoms with E-state index in [0.29, 0.717) is 18.5 Å². The molecule has 11 heteroatoms. The zero-order valence-electron chi connectivity index (χ0n) is 19.5. The van der Waals surface area contributed by atoms with Crippen LogP contribution < -0.4 is 10.2 Å². The molecule has 1 aromatic carbocycles. The van der Waals surface area contributed by atoms with Gasteiger partial charge in [0.15, 0.2) is 0 Å². The molecule has 1 aliphatic carbocycles. The van der Waals surface area contributed by atoms with Crippen molar-refractivity contribution in [1.29, 1.82) is 0 Å². The molecule has 0 bridgehead atoms. The van der Waals surface area contributed by atoms with E-state index >= 15 is 0 Å². The van der Waals surface area contributed by atoms with E-state index in [0.717, 1.165) is 28.9 Å². The van der Waals surface area contributed by atoms with Crippen LogP contribution in [0.4, 0.5) is 23.7 Å². The number of nitrogens with zero attached hydrogens (tertiary/aromatic N) is 2. The van der Waals surface area contributed by atoms with Crippen LogP contribution in [0.3, 0.4) is 0 Å². The van der Waals surface area contributed by atoms with Gasteiger partial charge in [0.1, 0.15) is 5.78 Å². The second-order valence-corrected chi connectivity index (χ2v) is 9.36. The molecular weight excluding hydrogens is 467 g/mol. The fraction of sp³-hybridized carbons (Fsp3) is 0.583. The van der Waals surface area contributed by atoms with Crippen molar-refractivity contribution in [2.24, 2.45) is 5.92 Å². The molecule has 2 unspecified atom stereocenters. The number of rotatable bonds is 4. The number of urea groups is 1. The van der Waals surface area contributed by atoms with E-state index in [4.69, 9.17) is 4.74 Å². The average Bonchev–Trinajstić information content (AvgIpc) is 3.00. The standard InChI is InChI=1S/C24H28F3N3O5/c1-35-20(32)13-23(18-4-2-3-5-19(18)31)14-28-22(34)30(23)17-7-6-15-8-10-29(11-9-16(15)12-17)21(33)24(25,26)27/h6-7,12,18H,2-5,8-11,13-14H2,1H3,(H,28,34). The number of esters is 1. The number of anilines is 1. The van der Waals surface area contributed by atoms with Crippen LogP contribution in [-0.4, -0.2) is 67.1 Å². The van der Waals surface area contributed by atoms with Gasteiger partial charge in [-0.3, -0.25) is 19.3 Å². The number of amides is 3. The van der Waals surface area contributed by atoms with Gasteiger partial charge in [-0.1, -0.05) is 12.5 Å². The van der Waals surface area contributed by atoms with Crippen molar-refractivity contribution in [2.75, 3.05) is 31.6 Å². The van der Waals surface area contributed by atoms with Gasteiger partial charge < -0.3 is 15.0 Å². The molecule has 1 aromatic rings. The first-order valence-corrected chi connectivity index (χ1v) is 11.7. The summed E-state index contributed by atoms with van der Waals surface area (Å²) in [6.07, 6.45) is -2.18. The first-order chi connectivity index (χ1) is 16.6. The first-order valence-electron chi connectivity index (χ1n) is 11.7. The molecule has 1 saturated carbocycles. The highest BCUT2D eigenvalue weighted by molar-refractivity contribution is 6.00. The zero-order chi connectivity index (χ0) is 25.4. The van der Waals surface area contributed by atoms with Crippen molar-refractivity contribution < 1.29 is 37.1 Å². The van der Waals surface area contributed by atoms with Gasteiger partial charge in [-0.05, 0) is 48.9 Å². The Hall–Kier alpha value is -3.11. The lowest BCUT2D eigenvalue weighted by Gasteiger charge is -2.43. The van der Waals surface area contributed by atoms with Crippen LogP contribution in [0.2, 0.25) is 0 Å². The largest absolute Gasteiger partial charge is 0.471 e. The highest BCUT2D eigenvalue weighted by atomic mass is 19.4. The Bertz CT molecular complexity index is 1040. The number of ether oxygens (including phenoxy) is 1. The number of methoxy groups -OCH3 is 1. The molecule has 2 heterocycles. The number of alkyl halides is 3. The van der Waals surface area contributed by atoms with Crippen molar-refractivity contribution in [1.82, 2.24) is 10.2 Å². The summed E-state index contributed by atoms with van der Waals surface area (Å²) in [5.41, 5.74) is 0.829. The molecule has 35 heavy (non-hydrogen) atoms. The summed E-state index contributed by atoms with van der Waals surface area (Å²) in [5, 5.41) is 2.79. The lowest BCUT2D eigenvalue weighted by Crippen LogP contribution is -2.57. The molecule has 2 fully saturated rings. The van der Waals surface area contributed by atoms with Crippen molar-refractivity contribution in [3.05, 3.63) is 29.3 Å². The molecule has 0 spiro atoms. The summed E-state index contributed by atoms with van der Waals surface area (Å²) in [6.45, 7) is -0.0601. The molecule has 2 aliphatic heterocycles. The molecular formula is C24H28F3N3O5. The molecule has 8 nitrogen and oxygen atoms in total. The molecule has 1 saturated heterocycles. The summed E-state index contributed by atoms with van der Waals surface area (Å²) in [6, 6.07) is 4.70. The summed E-state index contributed by atoms with van der Waals surface area (Å²) in [5.74, 6) is -2.95. The SMILES string of the molecule is COC(=O)CC1(C2CCCCC2=O)CNC(=O)N1c1ccc2c(c1)CCN(C(=O)C(F)(F)F)CC2. The smallest absolute Gasteiger partial charge is 0.469 e. The third-order valence-corrected chi connectivity index (χ3v) is 7.36. The summed E-state index contributed by atoms with van der Waals surface area (Å²) in [7, 11) is 1.25. The number of halogens is 3. The lowest BCUT2D eigenvalue weighted by molar-refractivity contribution is -0.185. The Balaban J connectivity index is 1.68. The van der Waals surface area contributed by atoms with Crippen molar-refractivity contribution in [3.8, 4) is 0 Å². The minimum Gasteiger partial charge on any atom is -0.469 e. The van der Waals surface area contributed by atoms with E-state index in [1.165, 1.54) is 12.0 Å². The van der Waals surface area contributed by atoms with Gasteiger partial charge >= 0.3 is 24.1 Å². The highest BCUT2D eigenvalue weighted by Gasteiger charge is 2.55. The Morgan fingerprint density at radius 1 is 1.11 bits per heavy atom. The first kappa shape index (κ1) is 25.0. The summed E-state index contributed by atoms with van der Waals surface area (Å²) < 4.78 is 43.7. The number of fused-ring (bicyclic) bond motifs is 1. The van der Waals surface area contributed by atoms with Crippen LogP contribution in [-0.2, 0) is 32.0 Å². The Kier molecular flexibility index (Phi) is 6.79. The monoisotopic (exact) mass is 495 g/mol. The molecule has 3 amide bonds. The molecule has 3 aliphatic rings. The summed E-state index contributed by atoms with van der Waals surface area (Å²) in [4.78, 5) is 52.4. The molecule has 190 valence electrons. The lowest BCUT2D eigenvalue weighted by atomic mass is 9.71. The highest BCUT2D eigenvalue weighted by Crippen LogP contribution is 2.42. The van der Waals surface area contributed by atoms with Crippen molar-refractivity contribution >= 4 is 29.4 Å². The number of ketones is 1. The van der Waals surface area contributed by atoms with E-state index < -0.39 is 35.5 Å². The number of benzene rings is 1. The second-order valence-electron chi connectivity index (χ2n) is 9.36. The number of carbonyl (C=O) groups excluding carboxylic acids is 4. The Labute approximate surface area is 200 Å². The number of carbonyl (C=O) groups is 4. The fourth-order valence-electron chi connectivity index (χ4n) is 5.61. The predicted octanol–water partition coefficient (Wildman–Crippen LogP) is 2.77. The maximum absolute atomic E-state index is 13.1. The average molecular weight is 495 g/mol. The van der Waals surface area contributed by atoms with E-state index in [1.807, 2.05) is 0 Å². The van der Waals surface area contributed by atoms with Crippen LogP contribution in [0.1, 0.15) is 43.2 Å². The van der Waals surface area contributed by atoms with Crippen LogP contribution in [0.25, 0.3) is 0 Å². The van der Waals surface area contributed by atoms with Crippen LogP contribution in [0.15, 0.2) is 18.2 Å². The number of Topliss-reactive ketones (excluding diaryl/α,β-unsaturated/α-hetero) is 1. The van der Waals surface area contributed by atoms with Crippen LogP contribution >= 0.6 is 0 Å². The molecule has 4 rings (SSSR count). The molecule has 2 atom stereocenters. The van der Waals surface area contributed by atoms with Gasteiger partial charge in [-0.2, -0.15) is 13.2 Å². The minimum atomic E-state index is -4.94. The van der Waals surface area contributed by atoms with Gasteiger partial charge in [0, 0.05) is 37.7 Å². The van der Waals surface area contributed by atoms with Crippen molar-refractivity contribution in [2.45, 2.75) is 56.7 Å². The van der Waals surface area contributed by atoms with Gasteiger partial charge in [0.2, 0.25) is 0 Å². The van der Waals surface area contributed by atoms with Gasteiger partial charge in [0.25, 0.3) is 0 Å². The third kappa shape index (κ3) is 4.72. The van der Waals surface area contributed by atoms with Crippen LogP contribution in [0.5, 0.6) is 0 Å². The predicted molar refractivity (Wildman–Crippen MR) is 119 cm³/mol. The zero-order valence-corrected chi connectivity index (χ0v) is 19.5. The fourth-order valence-corrected chi connectivity index (χ4v) is 5.61. The Morgan fingerprint density at radius 3 is 2.49 bits per heavy atom. The molecule has 1 N–H and O–H groups in total. The van der Waals surface area contributed by atoms with Gasteiger partial charge in [-0.25, -0.2) is 4.79 Å². The second kappa shape index (κ2) is 9.50. The van der Waals surface area contributed by atoms with Crippen molar-refractivity contribution in [3.63, 3.8) is 0 Å². The minimum absolute atomic E-state index is 0.00211. The Morgan fingerprint density at radius 2 is 1.83 bits per heavy atom. The normalized spacial score (nSPS) is 25.1. The molecule has 0 radical (unpaired) electrons. The topological polar surface area (TPSA) is 96.0 Å². The van der Waals surface area contributed by atoms with Crippen LogP contribution in [0, 0.1) is 5.92 Å². The van der Waals surface area contributed by atoms with E-state index in [-0.39, 0.29) is 44.7 Å². The van der Waals surface area contributed by atoms with Gasteiger partial charge in [-0.15, -0.1) is 0 Å². The number of hydrogen-bond acceptors (Lipinski definition) is 5. The van der Waals surface area contributed by atoms with E-state index in [1.54, 1.807) is 18.2 Å². The molecule has 0 aromatic heterocycles. The third-order valence-electron chi connectivity index (χ3n) is 7.36. The van der Waals surface area contributed by atoms with E-state index in [9.17, 15) is 32.3 Å². The maximum atomic E-state index is 13.1. The number of hydrogen-bond donors (Lipinski definition) is 1. The summed E-state index contributed by atoms with van der Waals surface area (Å²) >= 11 is 0. The number of nitrogens with one attached hydrogen (secondary N) is 1. The maximum Gasteiger partial charge on any atom is 0.471 e. The van der Waals surface area contributed by atoms with E-state index in [2.05, 4.69) is 5.32 Å². The van der Waals surface area contributed by atoms with Gasteiger partial charge in [0.05, 0.1) is 19.1 Å².